The molecule has 1 aromatic rings. The highest BCUT2D eigenvalue weighted by molar-refractivity contribution is 8.03. The molecule has 0 saturated carbocycles. The van der Waals surface area contributed by atoms with Gasteiger partial charge in [-0.25, -0.2) is 0 Å². The van der Waals surface area contributed by atoms with Gasteiger partial charge in [-0.15, -0.1) is 0 Å². The Morgan fingerprint density at radius 1 is 1.21 bits per heavy atom. The summed E-state index contributed by atoms with van der Waals surface area (Å²) in [6, 6.07) is 8.31. The highest BCUT2D eigenvalue weighted by Crippen LogP contribution is 2.40. The summed E-state index contributed by atoms with van der Waals surface area (Å²) >= 11 is 1.72. The predicted octanol–water partition coefficient (Wildman–Crippen LogP) is 3.71. The van der Waals surface area contributed by atoms with Crippen molar-refractivity contribution in [1.82, 2.24) is 0 Å². The molecule has 1 aliphatic carbocycles. The molecule has 0 aromatic heterocycles. The number of thioether (sulfide) groups is 1. The molecule has 1 aliphatic heterocycles. The van der Waals surface area contributed by atoms with Crippen molar-refractivity contribution in [1.29, 1.82) is 0 Å². The fraction of sp³-hybridized carbons (Fsp3) is 0.250. The van der Waals surface area contributed by atoms with Crippen LogP contribution < -0.4 is 0 Å². The van der Waals surface area contributed by atoms with E-state index in [1.165, 1.54) is 24.3 Å². The van der Waals surface area contributed by atoms with Gasteiger partial charge >= 0.3 is 0 Å². The first-order valence-electron chi connectivity index (χ1n) is 6.23. The molecule has 3 rings (SSSR count). The summed E-state index contributed by atoms with van der Waals surface area (Å²) in [6.07, 6.45) is 5.42. The Morgan fingerprint density at radius 3 is 2.63 bits per heavy atom. The third kappa shape index (κ3) is 3.44. The zero-order valence-corrected chi connectivity index (χ0v) is 11.9. The van der Waals surface area contributed by atoms with Crippen molar-refractivity contribution in [2.75, 3.05) is 0 Å². The molecule has 2 nitrogen and oxygen atoms in total. The van der Waals surface area contributed by atoms with Gasteiger partial charge in [-0.2, -0.15) is 0 Å². The molecule has 1 heterocycles. The van der Waals surface area contributed by atoms with Crippen LogP contribution in [0.3, 0.4) is 0 Å². The summed E-state index contributed by atoms with van der Waals surface area (Å²) in [5.41, 5.74) is 2.28. The summed E-state index contributed by atoms with van der Waals surface area (Å²) in [5.74, 6) is 0.453. The van der Waals surface area contributed by atoms with Crippen molar-refractivity contribution in [2.24, 2.45) is 0 Å². The van der Waals surface area contributed by atoms with Crippen LogP contribution in [0.15, 0.2) is 51.8 Å². The molecule has 0 bridgehead atoms. The third-order valence-electron chi connectivity index (χ3n) is 2.77. The van der Waals surface area contributed by atoms with Crippen LogP contribution in [-0.2, 0) is 16.0 Å². The number of carbonyl (C=O) groups excluding carboxylic acids is 2. The molecule has 98 valence electrons. The average Bonchev–Trinajstić information content (AvgIpc) is 2.37. The number of allylic oxidation sites excluding steroid dienone is 3. The van der Waals surface area contributed by atoms with E-state index in [4.69, 9.17) is 0 Å². The van der Waals surface area contributed by atoms with Gasteiger partial charge in [0.25, 0.3) is 0 Å². The van der Waals surface area contributed by atoms with E-state index in [0.29, 0.717) is 6.42 Å². The second-order valence-corrected chi connectivity index (χ2v) is 5.75. The summed E-state index contributed by atoms with van der Waals surface area (Å²) in [7, 11) is 0. The number of benzene rings is 1. The second-order valence-electron chi connectivity index (χ2n) is 4.67. The van der Waals surface area contributed by atoms with Gasteiger partial charge in [-0.3, -0.25) is 4.79 Å². The largest absolute Gasteiger partial charge is 0.300 e. The topological polar surface area (TPSA) is 34.1 Å². The number of hydrogen-bond acceptors (Lipinski definition) is 3. The van der Waals surface area contributed by atoms with E-state index < -0.39 is 0 Å². The second kappa shape index (κ2) is 6.02. The third-order valence-corrected chi connectivity index (χ3v) is 3.99. The Kier molecular flexibility index (Phi) is 4.38. The molecule has 0 amide bonds. The van der Waals surface area contributed by atoms with Gasteiger partial charge in [0.05, 0.1) is 0 Å². The van der Waals surface area contributed by atoms with Crippen molar-refractivity contribution in [2.45, 2.75) is 31.6 Å². The maximum atomic E-state index is 11.7. The molecule has 2 aliphatic rings. The van der Waals surface area contributed by atoms with Gasteiger partial charge in [0, 0.05) is 28.2 Å². The first-order valence-corrected chi connectivity index (χ1v) is 7.05. The normalized spacial score (nSPS) is 16.2. The van der Waals surface area contributed by atoms with Crippen molar-refractivity contribution in [3.8, 4) is 0 Å². The number of fused-ring (bicyclic) bond motifs is 1. The van der Waals surface area contributed by atoms with Crippen LogP contribution in [0.5, 0.6) is 0 Å². The molecular formula is C16H16O2S. The van der Waals surface area contributed by atoms with Crippen LogP contribution in [-0.4, -0.2) is 11.6 Å². The summed E-state index contributed by atoms with van der Waals surface area (Å²) in [4.78, 5) is 23.6. The molecule has 19 heavy (non-hydrogen) atoms. The van der Waals surface area contributed by atoms with Gasteiger partial charge in [-0.1, -0.05) is 42.1 Å². The average molecular weight is 272 g/mol. The lowest BCUT2D eigenvalue weighted by Gasteiger charge is -2.21. The molecule has 0 radical (unpaired) electrons. The molecule has 0 unspecified atom stereocenters. The van der Waals surface area contributed by atoms with Crippen LogP contribution in [0.2, 0.25) is 0 Å². The van der Waals surface area contributed by atoms with Crippen LogP contribution in [0.25, 0.3) is 0 Å². The molecule has 0 fully saturated rings. The van der Waals surface area contributed by atoms with E-state index in [-0.39, 0.29) is 11.6 Å². The Bertz CT molecular complexity index is 578. The van der Waals surface area contributed by atoms with Crippen LogP contribution in [0, 0.1) is 0 Å². The summed E-state index contributed by atoms with van der Waals surface area (Å²) in [6.45, 7) is 3.06. The molecule has 0 spiro atoms. The standard InChI is InChI=1S/C13H10OS.C3H6O/c14-11-5-3-7-13-10(11)8-9-4-1-2-6-12(9)15-13;1-3(2)4/h1-4,6-7H,5,8H2;1-2H3. The fourth-order valence-electron chi connectivity index (χ4n) is 1.97. The quantitative estimate of drug-likeness (QED) is 0.722. The summed E-state index contributed by atoms with van der Waals surface area (Å²) in [5, 5.41) is 0. The van der Waals surface area contributed by atoms with Gasteiger partial charge in [0.1, 0.15) is 5.78 Å². The monoisotopic (exact) mass is 272 g/mol. The number of rotatable bonds is 0. The number of carbonyl (C=O) groups is 2. The lowest BCUT2D eigenvalue weighted by Crippen LogP contribution is -2.12. The lowest BCUT2D eigenvalue weighted by molar-refractivity contribution is -0.115. The maximum Gasteiger partial charge on any atom is 0.164 e. The predicted molar refractivity (Wildman–Crippen MR) is 78.1 cm³/mol. The first-order chi connectivity index (χ1) is 9.08. The molecule has 1 aromatic carbocycles. The smallest absolute Gasteiger partial charge is 0.164 e. The molecule has 0 N–H and O–H groups in total. The highest BCUT2D eigenvalue weighted by Gasteiger charge is 2.23. The van der Waals surface area contributed by atoms with Gasteiger partial charge in [0.2, 0.25) is 0 Å². The van der Waals surface area contributed by atoms with E-state index in [1.807, 2.05) is 18.2 Å². The minimum Gasteiger partial charge on any atom is -0.300 e. The van der Waals surface area contributed by atoms with E-state index >= 15 is 0 Å². The molecule has 0 atom stereocenters. The van der Waals surface area contributed by atoms with Crippen LogP contribution >= 0.6 is 11.8 Å². The number of hydrogen-bond donors (Lipinski definition) is 0. The van der Waals surface area contributed by atoms with Crippen molar-refractivity contribution >= 4 is 23.3 Å². The van der Waals surface area contributed by atoms with E-state index in [1.54, 1.807) is 11.8 Å². The molecule has 3 heteroatoms. The van der Waals surface area contributed by atoms with Gasteiger partial charge < -0.3 is 4.79 Å². The van der Waals surface area contributed by atoms with Gasteiger partial charge in [-0.05, 0) is 25.5 Å². The Balaban J connectivity index is 0.000000297. The van der Waals surface area contributed by atoms with Crippen LogP contribution in [0.4, 0.5) is 0 Å². The number of ketones is 2. The molecular weight excluding hydrogens is 256 g/mol. The zero-order chi connectivity index (χ0) is 13.8. The Morgan fingerprint density at radius 2 is 1.89 bits per heavy atom. The van der Waals surface area contributed by atoms with Crippen molar-refractivity contribution < 1.29 is 9.59 Å². The first kappa shape index (κ1) is 13.8. The minimum atomic E-state index is 0.167. The van der Waals surface area contributed by atoms with E-state index in [2.05, 4.69) is 18.2 Å². The lowest BCUT2D eigenvalue weighted by atomic mass is 9.96. The van der Waals surface area contributed by atoms with Crippen LogP contribution in [0.1, 0.15) is 25.8 Å². The zero-order valence-electron chi connectivity index (χ0n) is 11.1. The minimum absolute atomic E-state index is 0.167. The van der Waals surface area contributed by atoms with Crippen molar-refractivity contribution in [3.05, 3.63) is 52.5 Å². The Labute approximate surface area is 117 Å². The van der Waals surface area contributed by atoms with E-state index in [9.17, 15) is 9.59 Å². The maximum absolute atomic E-state index is 11.7. The highest BCUT2D eigenvalue weighted by atomic mass is 32.2. The summed E-state index contributed by atoms with van der Waals surface area (Å²) < 4.78 is 0. The Hall–Kier alpha value is -1.61. The number of Topliss-reactive ketones (excluding diaryl/α,β-unsaturated/α-hetero) is 2. The van der Waals surface area contributed by atoms with E-state index in [0.717, 1.165) is 16.9 Å². The van der Waals surface area contributed by atoms with Gasteiger partial charge in [0.15, 0.2) is 5.78 Å². The molecule has 0 saturated heterocycles. The van der Waals surface area contributed by atoms with Crippen molar-refractivity contribution in [3.63, 3.8) is 0 Å². The SMILES string of the molecule is CC(C)=O.O=C1CC=CC2=C1Cc1ccccc1S2. The fourth-order valence-corrected chi connectivity index (χ4v) is 3.10.